The summed E-state index contributed by atoms with van der Waals surface area (Å²) in [6.07, 6.45) is 2.77. The van der Waals surface area contributed by atoms with Crippen LogP contribution in [0.4, 0.5) is 11.5 Å². The molecular formula is C17H23N3O2S. The van der Waals surface area contributed by atoms with Crippen molar-refractivity contribution in [2.75, 3.05) is 29.6 Å². The molecule has 1 aromatic carbocycles. The molecule has 0 amide bonds. The standard InChI is InChI=1S/C17H23N3O2S/c1-4-20(5-2)15-10-8-14(9-11-15)13-19-17-16(23(3,21)22)7-6-12-18-17/h6-12H,4-5,13H2,1-3H3,(H,18,19). The summed E-state index contributed by atoms with van der Waals surface area (Å²) in [5, 5.41) is 3.11. The van der Waals surface area contributed by atoms with E-state index in [9.17, 15) is 8.42 Å². The molecule has 1 N–H and O–H groups in total. The number of pyridine rings is 1. The number of rotatable bonds is 7. The Morgan fingerprint density at radius 1 is 1.09 bits per heavy atom. The third-order valence-corrected chi connectivity index (χ3v) is 4.82. The Morgan fingerprint density at radius 2 is 1.74 bits per heavy atom. The van der Waals surface area contributed by atoms with Crippen molar-refractivity contribution in [3.05, 3.63) is 48.2 Å². The molecule has 0 fully saturated rings. The van der Waals surface area contributed by atoms with Crippen LogP contribution in [0.5, 0.6) is 0 Å². The Hall–Kier alpha value is -2.08. The van der Waals surface area contributed by atoms with Crippen LogP contribution >= 0.6 is 0 Å². The van der Waals surface area contributed by atoms with Gasteiger partial charge in [-0.1, -0.05) is 12.1 Å². The fraction of sp³-hybridized carbons (Fsp3) is 0.353. The molecule has 2 aromatic rings. The zero-order valence-corrected chi connectivity index (χ0v) is 14.6. The normalized spacial score (nSPS) is 11.3. The van der Waals surface area contributed by atoms with Gasteiger partial charge in [-0.2, -0.15) is 0 Å². The number of benzene rings is 1. The van der Waals surface area contributed by atoms with Crippen molar-refractivity contribution in [1.82, 2.24) is 4.98 Å². The SMILES string of the molecule is CCN(CC)c1ccc(CNc2ncccc2S(C)(=O)=O)cc1. The molecule has 0 unspecified atom stereocenters. The third-order valence-electron chi connectivity index (χ3n) is 3.70. The van der Waals surface area contributed by atoms with Gasteiger partial charge in [-0.05, 0) is 43.7 Å². The molecular weight excluding hydrogens is 310 g/mol. The van der Waals surface area contributed by atoms with Crippen LogP contribution in [0.3, 0.4) is 0 Å². The van der Waals surface area contributed by atoms with E-state index < -0.39 is 9.84 Å². The van der Waals surface area contributed by atoms with Crippen LogP contribution in [0, 0.1) is 0 Å². The summed E-state index contributed by atoms with van der Waals surface area (Å²) in [6.45, 7) is 6.73. The molecule has 0 aliphatic carbocycles. The summed E-state index contributed by atoms with van der Waals surface area (Å²) in [4.78, 5) is 6.63. The number of hydrogen-bond donors (Lipinski definition) is 1. The van der Waals surface area contributed by atoms with E-state index in [2.05, 4.69) is 41.2 Å². The van der Waals surface area contributed by atoms with Gasteiger partial charge in [0, 0.05) is 37.8 Å². The molecule has 0 aliphatic rings. The fourth-order valence-corrected chi connectivity index (χ4v) is 3.22. The van der Waals surface area contributed by atoms with E-state index in [1.165, 1.54) is 11.9 Å². The highest BCUT2D eigenvalue weighted by molar-refractivity contribution is 7.90. The lowest BCUT2D eigenvalue weighted by Gasteiger charge is -2.21. The first kappa shape index (κ1) is 17.3. The maximum absolute atomic E-state index is 11.8. The number of hydrogen-bond acceptors (Lipinski definition) is 5. The molecule has 124 valence electrons. The minimum absolute atomic E-state index is 0.222. The summed E-state index contributed by atoms with van der Waals surface area (Å²) in [5.74, 6) is 0.391. The number of aromatic nitrogens is 1. The second-order valence-corrected chi connectivity index (χ2v) is 7.30. The fourth-order valence-electron chi connectivity index (χ4n) is 2.42. The van der Waals surface area contributed by atoms with Gasteiger partial charge in [0.1, 0.15) is 10.7 Å². The Morgan fingerprint density at radius 3 is 2.30 bits per heavy atom. The van der Waals surface area contributed by atoms with Crippen molar-refractivity contribution in [2.45, 2.75) is 25.3 Å². The minimum atomic E-state index is -3.29. The van der Waals surface area contributed by atoms with Gasteiger partial charge in [0.15, 0.2) is 9.84 Å². The Bertz CT molecular complexity index is 739. The quantitative estimate of drug-likeness (QED) is 0.844. The predicted molar refractivity (Wildman–Crippen MR) is 94.7 cm³/mol. The topological polar surface area (TPSA) is 62.3 Å². The molecule has 0 aliphatic heterocycles. The van der Waals surface area contributed by atoms with E-state index in [1.807, 2.05) is 12.1 Å². The van der Waals surface area contributed by atoms with Crippen LogP contribution < -0.4 is 10.2 Å². The van der Waals surface area contributed by atoms with Gasteiger partial charge in [0.25, 0.3) is 0 Å². The molecule has 0 spiro atoms. The lowest BCUT2D eigenvalue weighted by Crippen LogP contribution is -2.21. The van der Waals surface area contributed by atoms with E-state index in [1.54, 1.807) is 18.3 Å². The zero-order chi connectivity index (χ0) is 16.9. The van der Waals surface area contributed by atoms with Crippen LogP contribution in [0.25, 0.3) is 0 Å². The average Bonchev–Trinajstić information content (AvgIpc) is 2.54. The molecule has 2 rings (SSSR count). The molecule has 0 saturated heterocycles. The van der Waals surface area contributed by atoms with Gasteiger partial charge in [-0.15, -0.1) is 0 Å². The maximum atomic E-state index is 11.8. The van der Waals surface area contributed by atoms with Crippen molar-refractivity contribution in [3.63, 3.8) is 0 Å². The van der Waals surface area contributed by atoms with Gasteiger partial charge in [-0.3, -0.25) is 0 Å². The highest BCUT2D eigenvalue weighted by atomic mass is 32.2. The molecule has 0 atom stereocenters. The predicted octanol–water partition coefficient (Wildman–Crippen LogP) is 2.94. The summed E-state index contributed by atoms with van der Waals surface area (Å²) in [7, 11) is -3.29. The number of anilines is 2. The van der Waals surface area contributed by atoms with Crippen molar-refractivity contribution in [1.29, 1.82) is 0 Å². The van der Waals surface area contributed by atoms with Crippen molar-refractivity contribution < 1.29 is 8.42 Å². The summed E-state index contributed by atoms with van der Waals surface area (Å²) in [6, 6.07) is 11.4. The van der Waals surface area contributed by atoms with E-state index in [-0.39, 0.29) is 4.90 Å². The molecule has 1 heterocycles. The van der Waals surface area contributed by atoms with Gasteiger partial charge in [0.05, 0.1) is 0 Å². The molecule has 6 heteroatoms. The zero-order valence-electron chi connectivity index (χ0n) is 13.8. The highest BCUT2D eigenvalue weighted by Gasteiger charge is 2.13. The third kappa shape index (κ3) is 4.45. The summed E-state index contributed by atoms with van der Waals surface area (Å²) >= 11 is 0. The van der Waals surface area contributed by atoms with Crippen molar-refractivity contribution >= 4 is 21.3 Å². The van der Waals surface area contributed by atoms with Crippen LogP contribution in [0.2, 0.25) is 0 Å². The van der Waals surface area contributed by atoms with Crippen LogP contribution in [-0.2, 0) is 16.4 Å². The van der Waals surface area contributed by atoms with Crippen molar-refractivity contribution in [2.24, 2.45) is 0 Å². The lowest BCUT2D eigenvalue weighted by molar-refractivity contribution is 0.601. The summed E-state index contributed by atoms with van der Waals surface area (Å²) in [5.41, 5.74) is 2.26. The maximum Gasteiger partial charge on any atom is 0.179 e. The van der Waals surface area contributed by atoms with Crippen LogP contribution in [0.15, 0.2) is 47.5 Å². The first-order valence-corrected chi connectivity index (χ1v) is 9.57. The first-order chi connectivity index (χ1) is 11.0. The average molecular weight is 333 g/mol. The largest absolute Gasteiger partial charge is 0.372 e. The molecule has 5 nitrogen and oxygen atoms in total. The molecule has 23 heavy (non-hydrogen) atoms. The molecule has 0 saturated carbocycles. The van der Waals surface area contributed by atoms with E-state index in [0.717, 1.165) is 18.7 Å². The van der Waals surface area contributed by atoms with E-state index in [0.29, 0.717) is 12.4 Å². The number of nitrogens with one attached hydrogen (secondary N) is 1. The second-order valence-electron chi connectivity index (χ2n) is 5.31. The number of sulfone groups is 1. The Labute approximate surface area is 138 Å². The van der Waals surface area contributed by atoms with Crippen molar-refractivity contribution in [3.8, 4) is 0 Å². The minimum Gasteiger partial charge on any atom is -0.372 e. The second kappa shape index (κ2) is 7.46. The highest BCUT2D eigenvalue weighted by Crippen LogP contribution is 2.19. The van der Waals surface area contributed by atoms with Gasteiger partial charge < -0.3 is 10.2 Å². The van der Waals surface area contributed by atoms with E-state index >= 15 is 0 Å². The smallest absolute Gasteiger partial charge is 0.179 e. The first-order valence-electron chi connectivity index (χ1n) is 7.68. The number of nitrogens with zero attached hydrogens (tertiary/aromatic N) is 2. The summed E-state index contributed by atoms with van der Waals surface area (Å²) < 4.78 is 23.5. The van der Waals surface area contributed by atoms with Gasteiger partial charge >= 0.3 is 0 Å². The lowest BCUT2D eigenvalue weighted by atomic mass is 10.2. The Balaban J connectivity index is 2.10. The van der Waals surface area contributed by atoms with Gasteiger partial charge in [0.2, 0.25) is 0 Å². The van der Waals surface area contributed by atoms with Crippen LogP contribution in [0.1, 0.15) is 19.4 Å². The molecule has 0 bridgehead atoms. The molecule has 1 aromatic heterocycles. The van der Waals surface area contributed by atoms with E-state index in [4.69, 9.17) is 0 Å². The van der Waals surface area contributed by atoms with Crippen LogP contribution in [-0.4, -0.2) is 32.7 Å². The monoisotopic (exact) mass is 333 g/mol. The Kier molecular flexibility index (Phi) is 5.60. The molecule has 0 radical (unpaired) electrons. The van der Waals surface area contributed by atoms with Gasteiger partial charge in [-0.25, -0.2) is 13.4 Å².